The molecular weight excluding hydrogens is 394 g/mol. The van der Waals surface area contributed by atoms with Crippen molar-refractivity contribution in [1.82, 2.24) is 29.7 Å². The molecule has 2 amide bonds. The van der Waals surface area contributed by atoms with E-state index < -0.39 is 0 Å². The molecule has 4 aromatic rings. The number of hydrogen-bond acceptors (Lipinski definition) is 5. The van der Waals surface area contributed by atoms with Crippen molar-refractivity contribution >= 4 is 45.8 Å². The van der Waals surface area contributed by atoms with Gasteiger partial charge in [-0.2, -0.15) is 0 Å². The van der Waals surface area contributed by atoms with Crippen LogP contribution in [0.1, 0.15) is 35.9 Å². The first kappa shape index (κ1) is 19.1. The zero-order chi connectivity index (χ0) is 21.9. The van der Waals surface area contributed by atoms with Crippen LogP contribution >= 0.6 is 0 Å². The summed E-state index contributed by atoms with van der Waals surface area (Å²) < 4.78 is 4.24. The lowest BCUT2D eigenvalue weighted by Crippen LogP contribution is -2.17. The summed E-state index contributed by atoms with van der Waals surface area (Å²) in [5.41, 5.74) is 6.24. The van der Waals surface area contributed by atoms with Crippen molar-refractivity contribution in [1.29, 1.82) is 0 Å². The molecule has 0 spiro atoms. The maximum atomic E-state index is 12.2. The van der Waals surface area contributed by atoms with Gasteiger partial charge in [0, 0.05) is 42.3 Å². The van der Waals surface area contributed by atoms with E-state index >= 15 is 0 Å². The van der Waals surface area contributed by atoms with E-state index in [9.17, 15) is 9.59 Å². The number of aryl methyl sites for hydroxylation is 1. The third-order valence-corrected chi connectivity index (χ3v) is 5.92. The predicted molar refractivity (Wildman–Crippen MR) is 119 cm³/mol. The smallest absolute Gasteiger partial charge is 0.251 e. The fourth-order valence-corrected chi connectivity index (χ4v) is 4.66. The van der Waals surface area contributed by atoms with E-state index in [4.69, 9.17) is 0 Å². The van der Waals surface area contributed by atoms with Crippen LogP contribution in [-0.4, -0.2) is 38.5 Å². The van der Waals surface area contributed by atoms with E-state index in [0.29, 0.717) is 18.5 Å². The molecule has 0 saturated heterocycles. The molecule has 0 radical (unpaired) electrons. The molecule has 9 heteroatoms. The highest BCUT2D eigenvalue weighted by Gasteiger charge is 2.32. The number of nitrogens with one attached hydrogen (secondary N) is 3. The lowest BCUT2D eigenvalue weighted by molar-refractivity contribution is -0.109. The van der Waals surface area contributed by atoms with Crippen LogP contribution in [0.5, 0.6) is 0 Å². The van der Waals surface area contributed by atoms with Gasteiger partial charge in [-0.15, -0.1) is 0 Å². The van der Waals surface area contributed by atoms with Gasteiger partial charge in [0.15, 0.2) is 0 Å². The fourth-order valence-electron chi connectivity index (χ4n) is 4.66. The van der Waals surface area contributed by atoms with Crippen LogP contribution < -0.4 is 16.0 Å². The first-order chi connectivity index (χ1) is 15.0. The fraction of sp³-hybridized carbons (Fsp3) is 0.273. The summed E-state index contributed by atoms with van der Waals surface area (Å²) >= 11 is 0. The molecule has 1 aliphatic rings. The van der Waals surface area contributed by atoms with E-state index in [1.54, 1.807) is 13.4 Å². The van der Waals surface area contributed by atoms with Crippen molar-refractivity contribution in [2.24, 2.45) is 7.05 Å². The standard InChI is InChI=1S/C22H23N7O2/c1-11(2)29-15(8-24-10-30)16-17-20(25-9-26-21(17)29)27-18-13-6-5-12(22(31)23-3)7-14(13)28(4)19(16)18/h5-7,9-11H,8H2,1-4H3,(H,23,31)(H,24,30)(H,25,26,27). The van der Waals surface area contributed by atoms with Crippen molar-refractivity contribution in [2.75, 3.05) is 12.4 Å². The lowest BCUT2D eigenvalue weighted by Gasteiger charge is -2.18. The van der Waals surface area contributed by atoms with Gasteiger partial charge in [-0.05, 0) is 32.0 Å². The van der Waals surface area contributed by atoms with Gasteiger partial charge in [0.25, 0.3) is 5.91 Å². The number of carbonyl (C=O) groups excluding carboxylic acids is 2. The topological polar surface area (TPSA) is 106 Å². The van der Waals surface area contributed by atoms with E-state index in [0.717, 1.165) is 50.4 Å². The highest BCUT2D eigenvalue weighted by Crippen LogP contribution is 2.50. The molecule has 3 aromatic heterocycles. The number of aromatic nitrogens is 4. The molecule has 4 heterocycles. The molecule has 0 fully saturated rings. The Morgan fingerprint density at radius 1 is 1.29 bits per heavy atom. The van der Waals surface area contributed by atoms with Crippen molar-refractivity contribution < 1.29 is 9.59 Å². The number of amides is 2. The number of carbonyl (C=O) groups is 2. The average Bonchev–Trinajstić information content (AvgIpc) is 3.25. The SMILES string of the molecule is CNC(=O)c1ccc2c3c(n(C)c2c1)-c1c(CNC=O)n(C(C)C)c2ncnc(c12)N3. The zero-order valence-electron chi connectivity index (χ0n) is 17.8. The molecule has 0 aliphatic carbocycles. The first-order valence-corrected chi connectivity index (χ1v) is 10.1. The normalized spacial score (nSPS) is 12.2. The molecule has 3 N–H and O–H groups in total. The summed E-state index contributed by atoms with van der Waals surface area (Å²) in [4.78, 5) is 32.4. The Kier molecular flexibility index (Phi) is 4.21. The minimum atomic E-state index is -0.132. The number of fused-ring (bicyclic) bond motifs is 4. The van der Waals surface area contributed by atoms with Gasteiger partial charge >= 0.3 is 0 Å². The highest BCUT2D eigenvalue weighted by atomic mass is 16.1. The van der Waals surface area contributed by atoms with Gasteiger partial charge in [-0.25, -0.2) is 9.97 Å². The minimum absolute atomic E-state index is 0.132. The van der Waals surface area contributed by atoms with Crippen LogP contribution in [0.3, 0.4) is 0 Å². The Morgan fingerprint density at radius 3 is 2.81 bits per heavy atom. The first-order valence-electron chi connectivity index (χ1n) is 10.1. The minimum Gasteiger partial charge on any atom is -0.355 e. The molecule has 0 saturated carbocycles. The summed E-state index contributed by atoms with van der Waals surface area (Å²) in [7, 11) is 3.61. The number of nitrogens with zero attached hydrogens (tertiary/aromatic N) is 4. The molecule has 0 unspecified atom stereocenters. The van der Waals surface area contributed by atoms with Gasteiger partial charge in [-0.1, -0.05) is 0 Å². The van der Waals surface area contributed by atoms with Gasteiger partial charge in [0.05, 0.1) is 28.8 Å². The van der Waals surface area contributed by atoms with Crippen molar-refractivity contribution in [2.45, 2.75) is 26.4 Å². The van der Waals surface area contributed by atoms with Gasteiger partial charge < -0.3 is 25.1 Å². The van der Waals surface area contributed by atoms with Crippen LogP contribution in [-0.2, 0) is 18.4 Å². The number of hydrogen-bond donors (Lipinski definition) is 3. The number of rotatable bonds is 5. The Labute approximate surface area is 178 Å². The largest absolute Gasteiger partial charge is 0.355 e. The molecule has 1 aromatic carbocycles. The van der Waals surface area contributed by atoms with Crippen LogP contribution in [0, 0.1) is 0 Å². The van der Waals surface area contributed by atoms with Gasteiger partial charge in [0.1, 0.15) is 17.8 Å². The summed E-state index contributed by atoms with van der Waals surface area (Å²) in [5.74, 6) is 0.606. The Morgan fingerprint density at radius 2 is 2.10 bits per heavy atom. The second kappa shape index (κ2) is 6.83. The number of benzene rings is 1. The van der Waals surface area contributed by atoms with Crippen LogP contribution in [0.2, 0.25) is 0 Å². The van der Waals surface area contributed by atoms with E-state index in [-0.39, 0.29) is 11.9 Å². The molecule has 9 nitrogen and oxygen atoms in total. The van der Waals surface area contributed by atoms with Crippen LogP contribution in [0.4, 0.5) is 11.5 Å². The molecule has 0 atom stereocenters. The van der Waals surface area contributed by atoms with Crippen LogP contribution in [0.15, 0.2) is 24.5 Å². The van der Waals surface area contributed by atoms with E-state index in [1.165, 1.54) is 0 Å². The van der Waals surface area contributed by atoms with Crippen molar-refractivity contribution in [3.8, 4) is 11.3 Å². The Balaban J connectivity index is 1.89. The monoisotopic (exact) mass is 417 g/mol. The molecule has 158 valence electrons. The van der Waals surface area contributed by atoms with E-state index in [1.807, 2.05) is 25.2 Å². The predicted octanol–water partition coefficient (Wildman–Crippen LogP) is 2.83. The molecule has 5 rings (SSSR count). The van der Waals surface area contributed by atoms with Gasteiger partial charge in [-0.3, -0.25) is 9.59 Å². The lowest BCUT2D eigenvalue weighted by atomic mass is 10.0. The highest BCUT2D eigenvalue weighted by molar-refractivity contribution is 6.16. The van der Waals surface area contributed by atoms with Crippen molar-refractivity contribution in [3.63, 3.8) is 0 Å². The maximum absolute atomic E-state index is 12.2. The summed E-state index contributed by atoms with van der Waals surface area (Å²) in [6.45, 7) is 4.56. The quantitative estimate of drug-likeness (QED) is 0.381. The summed E-state index contributed by atoms with van der Waals surface area (Å²) in [5, 5.41) is 10.9. The second-order valence-electron chi connectivity index (χ2n) is 7.92. The maximum Gasteiger partial charge on any atom is 0.251 e. The van der Waals surface area contributed by atoms with Crippen LogP contribution in [0.25, 0.3) is 33.2 Å². The van der Waals surface area contributed by atoms with Gasteiger partial charge in [0.2, 0.25) is 6.41 Å². The number of anilines is 2. The molecule has 31 heavy (non-hydrogen) atoms. The molecule has 1 aliphatic heterocycles. The summed E-state index contributed by atoms with van der Waals surface area (Å²) in [6.07, 6.45) is 2.27. The van der Waals surface area contributed by atoms with Crippen molar-refractivity contribution in [3.05, 3.63) is 35.8 Å². The molecular formula is C22H23N7O2. The summed E-state index contributed by atoms with van der Waals surface area (Å²) in [6, 6.07) is 5.81. The third kappa shape index (κ3) is 2.56. The Bertz CT molecular complexity index is 1380. The zero-order valence-corrected chi connectivity index (χ0v) is 17.8. The third-order valence-electron chi connectivity index (χ3n) is 5.92. The van der Waals surface area contributed by atoms with E-state index in [2.05, 4.69) is 48.9 Å². The Hall–Kier alpha value is -3.88. The average molecular weight is 417 g/mol. The second-order valence-corrected chi connectivity index (χ2v) is 7.92. The molecule has 0 bridgehead atoms.